The fraction of sp³-hybridized carbons (Fsp3) is 0.250. The molecule has 1 fully saturated rings. The molecule has 0 bridgehead atoms. The number of alkyl halides is 3. The molecule has 0 aliphatic carbocycles. The third kappa shape index (κ3) is 5.90. The first-order valence-corrected chi connectivity index (χ1v) is 13.7. The van der Waals surface area contributed by atoms with Crippen LogP contribution in [-0.2, 0) is 19.1 Å². The number of likely N-dealkylation sites (N-methyl/N-ethyl adjacent to an activating group) is 1. The molecule has 0 amide bonds. The lowest BCUT2D eigenvalue weighted by Crippen LogP contribution is -2.44. The first-order chi connectivity index (χ1) is 20.6. The Balaban J connectivity index is 1.39. The number of piperazine rings is 1. The molecule has 0 unspecified atom stereocenters. The predicted octanol–water partition coefficient (Wildman–Crippen LogP) is 6.78. The maximum absolute atomic E-state index is 15.6. The topological polar surface area (TPSA) is 48.6 Å². The van der Waals surface area contributed by atoms with Crippen LogP contribution in [0, 0.1) is 11.6 Å². The first kappa shape index (κ1) is 28.6. The van der Waals surface area contributed by atoms with Crippen LogP contribution >= 0.6 is 0 Å². The molecule has 6 nitrogen and oxygen atoms in total. The molecule has 3 aromatic carbocycles. The van der Waals surface area contributed by atoms with Gasteiger partial charge in [-0.05, 0) is 42.4 Å². The molecule has 2 aliphatic heterocycles. The maximum Gasteiger partial charge on any atom is 0.416 e. The van der Waals surface area contributed by atoms with Crippen LogP contribution < -0.4 is 9.80 Å². The van der Waals surface area contributed by atoms with Gasteiger partial charge in [-0.3, -0.25) is 0 Å². The summed E-state index contributed by atoms with van der Waals surface area (Å²) in [7, 11) is 2.00. The summed E-state index contributed by atoms with van der Waals surface area (Å²) in [6, 6.07) is 15.1. The number of benzene rings is 3. The molecule has 1 aromatic heterocycles. The zero-order valence-corrected chi connectivity index (χ0v) is 23.3. The molecule has 0 atom stereocenters. The second-order valence-corrected chi connectivity index (χ2v) is 10.7. The van der Waals surface area contributed by atoms with Crippen LogP contribution in [0.3, 0.4) is 0 Å². The summed E-state index contributed by atoms with van der Waals surface area (Å²) in [5.74, 6) is -0.869. The van der Waals surface area contributed by atoms with Gasteiger partial charge >= 0.3 is 6.18 Å². The molecular weight excluding hydrogens is 565 g/mol. The van der Waals surface area contributed by atoms with E-state index in [0.29, 0.717) is 59.6 Å². The van der Waals surface area contributed by atoms with Gasteiger partial charge in [0.15, 0.2) is 0 Å². The highest BCUT2D eigenvalue weighted by Gasteiger charge is 2.32. The Kier molecular flexibility index (Phi) is 7.51. The van der Waals surface area contributed by atoms with E-state index in [9.17, 15) is 13.2 Å². The lowest BCUT2D eigenvalue weighted by atomic mass is 9.92. The van der Waals surface area contributed by atoms with Crippen molar-refractivity contribution in [2.45, 2.75) is 19.1 Å². The highest BCUT2D eigenvalue weighted by Crippen LogP contribution is 2.43. The third-order valence-corrected chi connectivity index (χ3v) is 7.78. The first-order valence-electron chi connectivity index (χ1n) is 13.7. The van der Waals surface area contributed by atoms with Crippen molar-refractivity contribution < 1.29 is 26.5 Å². The summed E-state index contributed by atoms with van der Waals surface area (Å²) in [4.78, 5) is 10.3. The van der Waals surface area contributed by atoms with Crippen LogP contribution in [-0.4, -0.2) is 48.3 Å². The molecule has 1 saturated heterocycles. The highest BCUT2D eigenvalue weighted by atomic mass is 19.4. The number of anilines is 2. The Morgan fingerprint density at radius 2 is 1.65 bits per heavy atom. The fourth-order valence-corrected chi connectivity index (χ4v) is 5.33. The Labute approximate surface area is 245 Å². The summed E-state index contributed by atoms with van der Waals surface area (Å²) < 4.78 is 75.7. The number of fused-ring (bicyclic) bond motifs is 1. The zero-order chi connectivity index (χ0) is 30.3. The Hall–Kier alpha value is -4.51. The van der Waals surface area contributed by atoms with E-state index in [1.807, 2.05) is 42.3 Å². The van der Waals surface area contributed by atoms with Gasteiger partial charge in [0, 0.05) is 49.1 Å². The molecule has 0 radical (unpaired) electrons. The van der Waals surface area contributed by atoms with E-state index in [-0.39, 0.29) is 17.9 Å². The van der Waals surface area contributed by atoms with Gasteiger partial charge in [0.2, 0.25) is 11.7 Å². The van der Waals surface area contributed by atoms with Crippen molar-refractivity contribution in [3.63, 3.8) is 0 Å². The van der Waals surface area contributed by atoms with E-state index >= 15 is 8.78 Å². The van der Waals surface area contributed by atoms with E-state index in [0.717, 1.165) is 30.8 Å². The molecular formula is C32H28F5N5O. The second kappa shape index (κ2) is 11.3. The highest BCUT2D eigenvalue weighted by molar-refractivity contribution is 6.08. The minimum absolute atomic E-state index is 0.0328. The SMILES string of the molecule is C=C1C(c2noc(Cc3ccccc3)n2)=CN(Cc2ccc(C(F)(F)F)cc2F)c2cc(N3CCN(C)CC3)c(F)cc21. The summed E-state index contributed by atoms with van der Waals surface area (Å²) >= 11 is 0. The van der Waals surface area contributed by atoms with Crippen molar-refractivity contribution in [1.29, 1.82) is 0 Å². The molecule has 222 valence electrons. The number of nitrogens with zero attached hydrogens (tertiary/aromatic N) is 5. The quantitative estimate of drug-likeness (QED) is 0.230. The second-order valence-electron chi connectivity index (χ2n) is 10.7. The lowest BCUT2D eigenvalue weighted by molar-refractivity contribution is -0.137. The Morgan fingerprint density at radius 3 is 2.35 bits per heavy atom. The van der Waals surface area contributed by atoms with E-state index in [4.69, 9.17) is 4.52 Å². The van der Waals surface area contributed by atoms with Crippen LogP contribution in [0.4, 0.5) is 33.3 Å². The molecule has 0 spiro atoms. The van der Waals surface area contributed by atoms with Crippen LogP contribution in [0.25, 0.3) is 11.1 Å². The van der Waals surface area contributed by atoms with Gasteiger partial charge in [-0.1, -0.05) is 48.1 Å². The molecule has 11 heteroatoms. The molecule has 2 aliphatic rings. The van der Waals surface area contributed by atoms with Crippen LogP contribution in [0.5, 0.6) is 0 Å². The summed E-state index contributed by atoms with van der Waals surface area (Å²) in [6.07, 6.45) is -2.62. The summed E-state index contributed by atoms with van der Waals surface area (Å²) in [5.41, 5.74) is 2.16. The molecule has 4 aromatic rings. The van der Waals surface area contributed by atoms with Crippen molar-refractivity contribution >= 4 is 22.5 Å². The van der Waals surface area contributed by atoms with Gasteiger partial charge < -0.3 is 19.2 Å². The minimum atomic E-state index is -4.67. The Bertz CT molecular complexity index is 1690. The summed E-state index contributed by atoms with van der Waals surface area (Å²) in [6.45, 7) is 6.83. The number of hydrogen-bond acceptors (Lipinski definition) is 6. The number of allylic oxidation sites excluding steroid dienone is 2. The molecule has 6 rings (SSSR count). The number of aromatic nitrogens is 2. The minimum Gasteiger partial charge on any atom is -0.367 e. The average Bonchev–Trinajstić information content (AvgIpc) is 3.44. The van der Waals surface area contributed by atoms with Gasteiger partial charge in [0.1, 0.15) is 11.6 Å². The number of rotatable bonds is 6. The largest absolute Gasteiger partial charge is 0.416 e. The van der Waals surface area contributed by atoms with Gasteiger partial charge in [-0.15, -0.1) is 0 Å². The van der Waals surface area contributed by atoms with Gasteiger partial charge in [-0.25, -0.2) is 8.78 Å². The van der Waals surface area contributed by atoms with Crippen LogP contribution in [0.15, 0.2) is 78.0 Å². The van der Waals surface area contributed by atoms with Gasteiger partial charge in [-0.2, -0.15) is 18.2 Å². The molecule has 0 saturated carbocycles. The fourth-order valence-electron chi connectivity index (χ4n) is 5.33. The van der Waals surface area contributed by atoms with E-state index in [1.54, 1.807) is 17.2 Å². The summed E-state index contributed by atoms with van der Waals surface area (Å²) in [5, 5.41) is 4.13. The standard InChI is InChI=1S/C32H28F5N5O/c1-20-24-16-27(34)29(41-12-10-40(2)11-13-41)17-28(24)42(18-22-8-9-23(15-26(22)33)32(35,36)37)19-25(20)31-38-30(43-39-31)14-21-6-4-3-5-7-21/h3-9,15-17,19H,1,10-14,18H2,2H3. The lowest BCUT2D eigenvalue weighted by Gasteiger charge is -2.36. The number of hydrogen-bond donors (Lipinski definition) is 0. The average molecular weight is 594 g/mol. The van der Waals surface area contributed by atoms with Gasteiger partial charge in [0.05, 0.1) is 29.9 Å². The van der Waals surface area contributed by atoms with E-state index < -0.39 is 23.4 Å². The Morgan fingerprint density at radius 1 is 0.907 bits per heavy atom. The smallest absolute Gasteiger partial charge is 0.367 e. The monoisotopic (exact) mass is 593 g/mol. The third-order valence-electron chi connectivity index (χ3n) is 7.78. The van der Waals surface area contributed by atoms with Crippen molar-refractivity contribution in [1.82, 2.24) is 15.0 Å². The molecule has 0 N–H and O–H groups in total. The predicted molar refractivity (Wildman–Crippen MR) is 154 cm³/mol. The molecule has 43 heavy (non-hydrogen) atoms. The van der Waals surface area contributed by atoms with E-state index in [1.165, 1.54) is 6.07 Å². The van der Waals surface area contributed by atoms with Crippen molar-refractivity contribution in [2.24, 2.45) is 0 Å². The molecule has 3 heterocycles. The number of halogens is 5. The van der Waals surface area contributed by atoms with Gasteiger partial charge in [0.25, 0.3) is 0 Å². The van der Waals surface area contributed by atoms with Crippen molar-refractivity contribution in [2.75, 3.05) is 43.0 Å². The van der Waals surface area contributed by atoms with Crippen LogP contribution in [0.2, 0.25) is 0 Å². The van der Waals surface area contributed by atoms with Crippen LogP contribution in [0.1, 0.15) is 34.0 Å². The normalized spacial score (nSPS) is 16.0. The maximum atomic E-state index is 15.6. The van der Waals surface area contributed by atoms with E-state index in [2.05, 4.69) is 21.6 Å². The zero-order valence-electron chi connectivity index (χ0n) is 23.3. The van der Waals surface area contributed by atoms with Crippen molar-refractivity contribution in [3.05, 3.63) is 119 Å². The van der Waals surface area contributed by atoms with Crippen molar-refractivity contribution in [3.8, 4) is 0 Å².